The maximum Gasteiger partial charge on any atom is 0.307 e. The van der Waals surface area contributed by atoms with Crippen molar-refractivity contribution in [2.75, 3.05) is 60.3 Å². The van der Waals surface area contributed by atoms with E-state index in [0.717, 1.165) is 10.2 Å². The molecule has 222 valence electrons. The third-order valence-corrected chi connectivity index (χ3v) is 9.17. The van der Waals surface area contributed by atoms with Gasteiger partial charge in [-0.15, -0.1) is 0 Å². The fourth-order valence-corrected chi connectivity index (χ4v) is 6.63. The van der Waals surface area contributed by atoms with Crippen molar-refractivity contribution in [1.82, 2.24) is 8.87 Å². The van der Waals surface area contributed by atoms with Gasteiger partial charge in [-0.05, 0) is 31.2 Å². The van der Waals surface area contributed by atoms with Gasteiger partial charge in [-0.2, -0.15) is 9.30 Å². The predicted molar refractivity (Wildman–Crippen MR) is 151 cm³/mol. The third kappa shape index (κ3) is 7.32. The zero-order valence-electron chi connectivity index (χ0n) is 23.2. The Morgan fingerprint density at radius 3 is 2.27 bits per heavy atom. The fraction of sp³-hybridized carbons (Fsp3) is 0.444. The molecular weight excluding hydrogens is 574 g/mol. The van der Waals surface area contributed by atoms with Gasteiger partial charge < -0.3 is 28.3 Å². The molecule has 1 amide bonds. The number of fused-ring (bicyclic) bond motifs is 2. The molecule has 0 bridgehead atoms. The number of hydrogen-bond donors (Lipinski definition) is 0. The number of methoxy groups -OCH3 is 2. The van der Waals surface area contributed by atoms with Crippen molar-refractivity contribution in [2.24, 2.45) is 4.99 Å². The summed E-state index contributed by atoms with van der Waals surface area (Å²) >= 11 is 1.27. The Hall–Kier alpha value is -3.30. The van der Waals surface area contributed by atoms with Gasteiger partial charge in [0.2, 0.25) is 10.0 Å². The van der Waals surface area contributed by atoms with Gasteiger partial charge in [0.1, 0.15) is 13.2 Å². The van der Waals surface area contributed by atoms with E-state index in [4.69, 9.17) is 23.7 Å². The van der Waals surface area contributed by atoms with E-state index in [-0.39, 0.29) is 62.3 Å². The zero-order chi connectivity index (χ0) is 29.4. The molecular formula is C27H33N3O9S2. The average Bonchev–Trinajstić information content (AvgIpc) is 3.30. The van der Waals surface area contributed by atoms with E-state index < -0.39 is 15.9 Å². The van der Waals surface area contributed by atoms with Gasteiger partial charge in [-0.25, -0.2) is 8.42 Å². The molecule has 12 nitrogen and oxygen atoms in total. The summed E-state index contributed by atoms with van der Waals surface area (Å²) in [5.74, 6) is 0.252. The highest BCUT2D eigenvalue weighted by molar-refractivity contribution is 7.89. The van der Waals surface area contributed by atoms with Crippen molar-refractivity contribution in [3.05, 3.63) is 46.8 Å². The molecule has 2 aromatic carbocycles. The molecule has 14 heteroatoms. The fourth-order valence-electron chi connectivity index (χ4n) is 4.15. The van der Waals surface area contributed by atoms with E-state index in [0.29, 0.717) is 29.5 Å². The Bertz CT molecular complexity index is 1540. The minimum Gasteiger partial charge on any atom is -0.486 e. The highest BCUT2D eigenvalue weighted by atomic mass is 32.2. The van der Waals surface area contributed by atoms with Gasteiger partial charge in [-0.3, -0.25) is 9.59 Å². The highest BCUT2D eigenvalue weighted by Gasteiger charge is 2.24. The smallest absolute Gasteiger partial charge is 0.307 e. The van der Waals surface area contributed by atoms with E-state index in [1.165, 1.54) is 54.1 Å². The standard InChI is InChI=1S/C27H33N3O9S2/c1-4-37-25(31)9-10-30-21-17-22-23(39-16-15-38-22)18-24(21)40-27(30)28-26(32)19-5-7-20(8-6-19)41(33,34)29(11-13-35-2)12-14-36-3/h5-8,17-18H,4,9-16H2,1-3H3. The van der Waals surface area contributed by atoms with E-state index in [9.17, 15) is 18.0 Å². The molecule has 0 radical (unpaired) electrons. The summed E-state index contributed by atoms with van der Waals surface area (Å²) in [4.78, 5) is 30.1. The molecule has 0 spiro atoms. The van der Waals surface area contributed by atoms with Crippen LogP contribution in [0.1, 0.15) is 23.7 Å². The van der Waals surface area contributed by atoms with E-state index >= 15 is 0 Å². The zero-order valence-corrected chi connectivity index (χ0v) is 24.8. The topological polar surface area (TPSA) is 135 Å². The lowest BCUT2D eigenvalue weighted by Crippen LogP contribution is -2.36. The van der Waals surface area contributed by atoms with Gasteiger partial charge in [0.15, 0.2) is 16.3 Å². The Kier molecular flexibility index (Phi) is 10.5. The van der Waals surface area contributed by atoms with Crippen molar-refractivity contribution in [3.63, 3.8) is 0 Å². The number of amides is 1. The Morgan fingerprint density at radius 1 is 1.02 bits per heavy atom. The first-order valence-corrected chi connectivity index (χ1v) is 15.3. The number of ether oxygens (including phenoxy) is 5. The summed E-state index contributed by atoms with van der Waals surface area (Å²) in [5.41, 5.74) is 0.952. The lowest BCUT2D eigenvalue weighted by atomic mass is 10.2. The number of carbonyl (C=O) groups is 2. The van der Waals surface area contributed by atoms with Crippen molar-refractivity contribution >= 4 is 43.5 Å². The van der Waals surface area contributed by atoms with Crippen molar-refractivity contribution in [1.29, 1.82) is 0 Å². The van der Waals surface area contributed by atoms with E-state index in [1.54, 1.807) is 11.5 Å². The molecule has 0 saturated carbocycles. The number of aryl methyl sites for hydroxylation is 1. The van der Waals surface area contributed by atoms with Crippen LogP contribution < -0.4 is 14.3 Å². The van der Waals surface area contributed by atoms with Gasteiger partial charge in [0, 0.05) is 51.6 Å². The summed E-state index contributed by atoms with van der Waals surface area (Å²) in [5, 5.41) is 0. The quantitative estimate of drug-likeness (QED) is 0.269. The van der Waals surface area contributed by atoms with Crippen LogP contribution in [0, 0.1) is 0 Å². The Labute approximate surface area is 242 Å². The summed E-state index contributed by atoms with van der Waals surface area (Å²) in [7, 11) is -0.842. The predicted octanol–water partition coefficient (Wildman–Crippen LogP) is 2.45. The second-order valence-electron chi connectivity index (χ2n) is 8.89. The molecule has 0 unspecified atom stereocenters. The summed E-state index contributed by atoms with van der Waals surface area (Å²) in [6.07, 6.45) is 0.0880. The minimum atomic E-state index is -3.84. The first-order valence-electron chi connectivity index (χ1n) is 13.0. The van der Waals surface area contributed by atoms with Crippen LogP contribution in [-0.2, 0) is 35.6 Å². The van der Waals surface area contributed by atoms with E-state index in [1.807, 2.05) is 12.1 Å². The minimum absolute atomic E-state index is 0.0400. The largest absolute Gasteiger partial charge is 0.486 e. The van der Waals surface area contributed by atoms with Gasteiger partial charge >= 0.3 is 5.97 Å². The van der Waals surface area contributed by atoms with Gasteiger partial charge in [0.25, 0.3) is 5.91 Å². The SMILES string of the molecule is CCOC(=O)CCn1c(=NC(=O)c2ccc(S(=O)(=O)N(CCOC)CCOC)cc2)sc2cc3c(cc21)OCCO3. The molecule has 3 aromatic rings. The molecule has 0 fully saturated rings. The second kappa shape index (κ2) is 14.0. The lowest BCUT2D eigenvalue weighted by molar-refractivity contribution is -0.143. The molecule has 2 heterocycles. The van der Waals surface area contributed by atoms with E-state index in [2.05, 4.69) is 4.99 Å². The van der Waals surface area contributed by atoms with Crippen LogP contribution in [-0.4, -0.2) is 89.5 Å². The van der Waals surface area contributed by atoms with Crippen LogP contribution in [0.4, 0.5) is 0 Å². The molecule has 41 heavy (non-hydrogen) atoms. The normalized spacial score (nSPS) is 13.6. The highest BCUT2D eigenvalue weighted by Crippen LogP contribution is 2.35. The maximum atomic E-state index is 13.2. The number of nitrogens with zero attached hydrogens (tertiary/aromatic N) is 3. The first-order chi connectivity index (χ1) is 19.8. The number of esters is 1. The molecule has 0 aliphatic carbocycles. The number of carbonyl (C=O) groups excluding carboxylic acids is 2. The van der Waals surface area contributed by atoms with Gasteiger partial charge in [0.05, 0.1) is 41.4 Å². The third-order valence-electron chi connectivity index (χ3n) is 6.22. The lowest BCUT2D eigenvalue weighted by Gasteiger charge is -2.21. The molecule has 1 aliphatic rings. The van der Waals surface area contributed by atoms with Crippen LogP contribution in [0.5, 0.6) is 11.5 Å². The molecule has 0 saturated heterocycles. The monoisotopic (exact) mass is 607 g/mol. The van der Waals surface area contributed by atoms with Crippen LogP contribution in [0.2, 0.25) is 0 Å². The number of hydrogen-bond acceptors (Lipinski definition) is 10. The Balaban J connectivity index is 1.65. The van der Waals surface area contributed by atoms with Crippen LogP contribution in [0.15, 0.2) is 46.3 Å². The first kappa shape index (κ1) is 30.7. The number of sulfonamides is 1. The molecule has 4 rings (SSSR count). The maximum absolute atomic E-state index is 13.2. The molecule has 1 aliphatic heterocycles. The van der Waals surface area contributed by atoms with Crippen molar-refractivity contribution < 1.29 is 41.7 Å². The Morgan fingerprint density at radius 2 is 1.66 bits per heavy atom. The molecule has 1 aromatic heterocycles. The number of thiazole rings is 1. The van der Waals surface area contributed by atoms with Crippen LogP contribution >= 0.6 is 11.3 Å². The number of aromatic nitrogens is 1. The van der Waals surface area contributed by atoms with Crippen LogP contribution in [0.3, 0.4) is 0 Å². The summed E-state index contributed by atoms with van der Waals surface area (Å²) in [6.45, 7) is 3.88. The number of rotatable bonds is 13. The molecule has 0 atom stereocenters. The van der Waals surface area contributed by atoms with Gasteiger partial charge in [-0.1, -0.05) is 11.3 Å². The summed E-state index contributed by atoms with van der Waals surface area (Å²) < 4.78 is 56.8. The number of benzene rings is 2. The average molecular weight is 608 g/mol. The van der Waals surface area contributed by atoms with Crippen molar-refractivity contribution in [2.45, 2.75) is 24.8 Å². The van der Waals surface area contributed by atoms with Crippen LogP contribution in [0.25, 0.3) is 10.2 Å². The molecule has 0 N–H and O–H groups in total. The second-order valence-corrected chi connectivity index (χ2v) is 11.8. The summed E-state index contributed by atoms with van der Waals surface area (Å²) in [6, 6.07) is 9.27. The van der Waals surface area contributed by atoms with Crippen molar-refractivity contribution in [3.8, 4) is 11.5 Å².